The van der Waals surface area contributed by atoms with Crippen LogP contribution >= 0.6 is 0 Å². The van der Waals surface area contributed by atoms with E-state index in [2.05, 4.69) is 6.58 Å². The van der Waals surface area contributed by atoms with E-state index in [-0.39, 0.29) is 0 Å². The summed E-state index contributed by atoms with van der Waals surface area (Å²) >= 11 is 0. The second kappa shape index (κ2) is 8.24. The van der Waals surface area contributed by atoms with Gasteiger partial charge in [-0.2, -0.15) is 0 Å². The molecule has 0 spiro atoms. The van der Waals surface area contributed by atoms with Crippen LogP contribution in [0.1, 0.15) is 26.3 Å². The topological polar surface area (TPSA) is 54.0 Å². The van der Waals surface area contributed by atoms with Gasteiger partial charge >= 0.3 is 5.97 Å². The first-order valence-electron chi connectivity index (χ1n) is 7.89. The molecule has 0 amide bonds. The highest BCUT2D eigenvalue weighted by atomic mass is 16.8. The van der Waals surface area contributed by atoms with Crippen molar-refractivity contribution in [1.29, 1.82) is 0 Å². The van der Waals surface area contributed by atoms with E-state index in [0.717, 1.165) is 5.56 Å². The first-order chi connectivity index (χ1) is 11.4. The molecule has 5 nitrogen and oxygen atoms in total. The van der Waals surface area contributed by atoms with Crippen LogP contribution in [-0.2, 0) is 30.3 Å². The van der Waals surface area contributed by atoms with E-state index in [1.807, 2.05) is 36.4 Å². The Hall–Kier alpha value is -1.95. The molecule has 3 atom stereocenters. The van der Waals surface area contributed by atoms with Gasteiger partial charge < -0.3 is 18.9 Å². The Balaban J connectivity index is 2.13. The molecule has 0 saturated carbocycles. The molecular formula is C19H24O5. The predicted octanol–water partition coefficient (Wildman–Crippen LogP) is 3.35. The molecule has 0 bridgehead atoms. The minimum atomic E-state index is -0.860. The monoisotopic (exact) mass is 332 g/mol. The lowest BCUT2D eigenvalue weighted by Crippen LogP contribution is -2.38. The highest BCUT2D eigenvalue weighted by Crippen LogP contribution is 2.32. The molecular weight excluding hydrogens is 308 g/mol. The molecule has 1 fully saturated rings. The van der Waals surface area contributed by atoms with Gasteiger partial charge in [0, 0.05) is 6.92 Å². The predicted molar refractivity (Wildman–Crippen MR) is 89.9 cm³/mol. The molecule has 1 saturated heterocycles. The molecule has 1 aliphatic rings. The third kappa shape index (κ3) is 5.30. The molecule has 24 heavy (non-hydrogen) atoms. The highest BCUT2D eigenvalue weighted by molar-refractivity contribution is 5.66. The van der Waals surface area contributed by atoms with E-state index in [1.54, 1.807) is 26.0 Å². The van der Waals surface area contributed by atoms with E-state index in [9.17, 15) is 4.79 Å². The van der Waals surface area contributed by atoms with Gasteiger partial charge in [-0.25, -0.2) is 0 Å². The number of allylic oxidation sites excluding steroid dienone is 2. The lowest BCUT2D eigenvalue weighted by molar-refractivity contribution is -0.196. The number of carbonyl (C=O) groups is 1. The van der Waals surface area contributed by atoms with Gasteiger partial charge in [0.2, 0.25) is 6.29 Å². The van der Waals surface area contributed by atoms with Crippen molar-refractivity contribution in [2.75, 3.05) is 0 Å². The Morgan fingerprint density at radius 2 is 2.04 bits per heavy atom. The van der Waals surface area contributed by atoms with Gasteiger partial charge in [-0.1, -0.05) is 55.1 Å². The minimum absolute atomic E-state index is 0.403. The molecule has 1 heterocycles. The number of hydrogen-bond donors (Lipinski definition) is 0. The van der Waals surface area contributed by atoms with Crippen molar-refractivity contribution >= 4 is 5.97 Å². The van der Waals surface area contributed by atoms with Gasteiger partial charge in [-0.3, -0.25) is 4.79 Å². The number of ether oxygens (including phenoxy) is 4. The summed E-state index contributed by atoms with van der Waals surface area (Å²) in [4.78, 5) is 11.3. The van der Waals surface area contributed by atoms with E-state index < -0.39 is 30.3 Å². The van der Waals surface area contributed by atoms with E-state index in [1.165, 1.54) is 6.92 Å². The summed E-state index contributed by atoms with van der Waals surface area (Å²) in [5.41, 5.74) is 1.04. The minimum Gasteiger partial charge on any atom is -0.433 e. The third-order valence-corrected chi connectivity index (χ3v) is 3.42. The SMILES string of the molecule is C=C/C=C/[C@@H](OCc1ccccc1)[C@H]1OC(C)(C)O[C@H]1OC(C)=O. The molecule has 130 valence electrons. The van der Waals surface area contributed by atoms with Crippen LogP contribution in [0.4, 0.5) is 0 Å². The lowest BCUT2D eigenvalue weighted by Gasteiger charge is -2.24. The fourth-order valence-corrected chi connectivity index (χ4v) is 2.45. The fourth-order valence-electron chi connectivity index (χ4n) is 2.45. The van der Waals surface area contributed by atoms with Gasteiger partial charge in [-0.05, 0) is 19.4 Å². The Bertz CT molecular complexity index is 579. The molecule has 0 aliphatic carbocycles. The Morgan fingerprint density at radius 3 is 2.67 bits per heavy atom. The number of esters is 1. The zero-order valence-electron chi connectivity index (χ0n) is 14.3. The Morgan fingerprint density at radius 1 is 1.33 bits per heavy atom. The number of carbonyl (C=O) groups excluding carboxylic acids is 1. The maximum atomic E-state index is 11.3. The average molecular weight is 332 g/mol. The fraction of sp³-hybridized carbons (Fsp3) is 0.421. The molecule has 0 radical (unpaired) electrons. The molecule has 1 aromatic rings. The Kier molecular flexibility index (Phi) is 6.31. The summed E-state index contributed by atoms with van der Waals surface area (Å²) in [7, 11) is 0. The molecule has 1 aromatic carbocycles. The van der Waals surface area contributed by atoms with Crippen molar-refractivity contribution in [3.05, 3.63) is 60.7 Å². The second-order valence-corrected chi connectivity index (χ2v) is 5.96. The van der Waals surface area contributed by atoms with E-state index >= 15 is 0 Å². The van der Waals surface area contributed by atoms with Crippen molar-refractivity contribution in [1.82, 2.24) is 0 Å². The first kappa shape index (κ1) is 18.4. The normalized spacial score (nSPS) is 24.0. The Labute approximate surface area is 142 Å². The van der Waals surface area contributed by atoms with Crippen LogP contribution in [0, 0.1) is 0 Å². The van der Waals surface area contributed by atoms with Crippen LogP contribution in [0.25, 0.3) is 0 Å². The maximum Gasteiger partial charge on any atom is 0.305 e. The quantitative estimate of drug-likeness (QED) is 0.566. The van der Waals surface area contributed by atoms with Gasteiger partial charge in [0.1, 0.15) is 6.10 Å². The molecule has 5 heteroatoms. The summed E-state index contributed by atoms with van der Waals surface area (Å²) in [5.74, 6) is -1.29. The molecule has 1 aliphatic heterocycles. The van der Waals surface area contributed by atoms with Crippen molar-refractivity contribution < 1.29 is 23.7 Å². The summed E-state index contributed by atoms with van der Waals surface area (Å²) in [5, 5.41) is 0. The molecule has 2 rings (SSSR count). The van der Waals surface area contributed by atoms with Crippen molar-refractivity contribution in [3.8, 4) is 0 Å². The first-order valence-corrected chi connectivity index (χ1v) is 7.89. The smallest absolute Gasteiger partial charge is 0.305 e. The van der Waals surface area contributed by atoms with Crippen LogP contribution in [0.15, 0.2) is 55.1 Å². The summed E-state index contributed by atoms with van der Waals surface area (Å²) < 4.78 is 22.8. The van der Waals surface area contributed by atoms with Crippen molar-refractivity contribution in [2.45, 2.75) is 51.7 Å². The van der Waals surface area contributed by atoms with Gasteiger partial charge in [0.15, 0.2) is 11.9 Å². The van der Waals surface area contributed by atoms with Gasteiger partial charge in [0.25, 0.3) is 0 Å². The second-order valence-electron chi connectivity index (χ2n) is 5.96. The molecule has 0 aromatic heterocycles. The van der Waals surface area contributed by atoms with Crippen LogP contribution in [-0.4, -0.2) is 30.3 Å². The number of rotatable bonds is 7. The lowest BCUT2D eigenvalue weighted by atomic mass is 10.1. The van der Waals surface area contributed by atoms with Crippen molar-refractivity contribution in [2.24, 2.45) is 0 Å². The zero-order valence-corrected chi connectivity index (χ0v) is 14.3. The summed E-state index contributed by atoms with van der Waals surface area (Å²) in [6.07, 6.45) is 3.41. The summed E-state index contributed by atoms with van der Waals surface area (Å²) in [6.45, 7) is 8.96. The van der Waals surface area contributed by atoms with Crippen LogP contribution in [0.2, 0.25) is 0 Å². The van der Waals surface area contributed by atoms with Gasteiger partial charge in [-0.15, -0.1) is 0 Å². The van der Waals surface area contributed by atoms with Crippen molar-refractivity contribution in [3.63, 3.8) is 0 Å². The third-order valence-electron chi connectivity index (χ3n) is 3.42. The largest absolute Gasteiger partial charge is 0.433 e. The number of hydrogen-bond acceptors (Lipinski definition) is 5. The molecule has 0 unspecified atom stereocenters. The number of benzene rings is 1. The zero-order chi connectivity index (χ0) is 17.6. The van der Waals surface area contributed by atoms with Crippen LogP contribution in [0.3, 0.4) is 0 Å². The molecule has 0 N–H and O–H groups in total. The van der Waals surface area contributed by atoms with Gasteiger partial charge in [0.05, 0.1) is 6.61 Å². The van der Waals surface area contributed by atoms with E-state index in [0.29, 0.717) is 6.61 Å². The average Bonchev–Trinajstić information content (AvgIpc) is 2.82. The van der Waals surface area contributed by atoms with Crippen LogP contribution in [0.5, 0.6) is 0 Å². The van der Waals surface area contributed by atoms with Crippen LogP contribution < -0.4 is 0 Å². The standard InChI is InChI=1S/C19H24O5/c1-5-6-12-16(21-13-15-10-8-7-9-11-15)17-18(22-14(2)20)24-19(3,4)23-17/h5-12,16-18H,1,13H2,2-4H3/b12-6+/t16-,17-,18-/m1/s1. The summed E-state index contributed by atoms with van der Waals surface area (Å²) in [6, 6.07) is 9.81. The highest BCUT2D eigenvalue weighted by Gasteiger charge is 2.47. The van der Waals surface area contributed by atoms with E-state index in [4.69, 9.17) is 18.9 Å². The maximum absolute atomic E-state index is 11.3.